The van der Waals surface area contributed by atoms with Gasteiger partial charge in [0.1, 0.15) is 13.2 Å². The Labute approximate surface area is 177 Å². The first-order valence-electron chi connectivity index (χ1n) is 9.70. The van der Waals surface area contributed by atoms with Crippen LogP contribution in [0.3, 0.4) is 0 Å². The van der Waals surface area contributed by atoms with E-state index in [0.717, 1.165) is 46.6 Å². The van der Waals surface area contributed by atoms with Gasteiger partial charge in [0.15, 0.2) is 11.5 Å². The number of likely N-dealkylation sites (tertiary alicyclic amines) is 1. The Balaban J connectivity index is 1.37. The van der Waals surface area contributed by atoms with Gasteiger partial charge >= 0.3 is 0 Å². The van der Waals surface area contributed by atoms with Crippen LogP contribution < -0.4 is 9.47 Å². The lowest BCUT2D eigenvalue weighted by Gasteiger charge is -2.27. The van der Waals surface area contributed by atoms with Crippen LogP contribution in [0.2, 0.25) is 0 Å². The third kappa shape index (κ3) is 3.51. The van der Waals surface area contributed by atoms with E-state index in [4.69, 9.17) is 9.47 Å². The van der Waals surface area contributed by atoms with Crippen molar-refractivity contribution in [3.05, 3.63) is 70.5 Å². The van der Waals surface area contributed by atoms with Gasteiger partial charge in [-0.05, 0) is 70.7 Å². The number of rotatable bonds is 3. The maximum absolute atomic E-state index is 13.2. The molecule has 2 aliphatic rings. The zero-order chi connectivity index (χ0) is 19.8. The number of nitrogens with zero attached hydrogens (tertiary/aromatic N) is 3. The average Bonchev–Trinajstić information content (AvgIpc) is 3.42. The van der Waals surface area contributed by atoms with Crippen molar-refractivity contribution in [2.24, 2.45) is 0 Å². The molecule has 6 nitrogen and oxygen atoms in total. The molecule has 0 aliphatic carbocycles. The van der Waals surface area contributed by atoms with Crippen molar-refractivity contribution >= 4 is 21.8 Å². The molecule has 2 aliphatic heterocycles. The molecule has 0 radical (unpaired) electrons. The molecule has 2 aromatic carbocycles. The molecule has 0 N–H and O–H groups in total. The number of halogens is 1. The van der Waals surface area contributed by atoms with Crippen LogP contribution >= 0.6 is 15.9 Å². The van der Waals surface area contributed by atoms with Gasteiger partial charge in [-0.25, -0.2) is 4.68 Å². The fraction of sp³-hybridized carbons (Fsp3) is 0.273. The monoisotopic (exact) mass is 453 g/mol. The van der Waals surface area contributed by atoms with Crippen LogP contribution in [0, 0.1) is 0 Å². The van der Waals surface area contributed by atoms with Crippen molar-refractivity contribution in [3.8, 4) is 17.2 Å². The highest BCUT2D eigenvalue weighted by Crippen LogP contribution is 2.38. The van der Waals surface area contributed by atoms with Gasteiger partial charge in [-0.2, -0.15) is 5.10 Å². The molecule has 1 atom stereocenters. The smallest absolute Gasteiger partial charge is 0.254 e. The van der Waals surface area contributed by atoms with E-state index in [0.29, 0.717) is 18.8 Å². The van der Waals surface area contributed by atoms with Crippen molar-refractivity contribution < 1.29 is 14.3 Å². The van der Waals surface area contributed by atoms with Gasteiger partial charge < -0.3 is 14.4 Å². The first-order chi connectivity index (χ1) is 14.2. The topological polar surface area (TPSA) is 56.6 Å². The lowest BCUT2D eigenvalue weighted by molar-refractivity contribution is 0.0735. The zero-order valence-electron chi connectivity index (χ0n) is 15.8. The maximum Gasteiger partial charge on any atom is 0.254 e. The molecule has 1 fully saturated rings. The van der Waals surface area contributed by atoms with Gasteiger partial charge in [0, 0.05) is 18.3 Å². The minimum atomic E-state index is 0.0515. The number of carbonyl (C=O) groups is 1. The Kier molecular flexibility index (Phi) is 4.75. The molecule has 0 bridgehead atoms. The van der Waals surface area contributed by atoms with E-state index in [-0.39, 0.29) is 11.9 Å². The van der Waals surface area contributed by atoms with E-state index in [2.05, 4.69) is 21.0 Å². The highest BCUT2D eigenvalue weighted by atomic mass is 79.9. The molecule has 0 spiro atoms. The molecule has 148 valence electrons. The summed E-state index contributed by atoms with van der Waals surface area (Å²) in [7, 11) is 0. The molecule has 5 rings (SSSR count). The molecule has 3 aromatic rings. The summed E-state index contributed by atoms with van der Waals surface area (Å²) in [6.07, 6.45) is 5.56. The van der Waals surface area contributed by atoms with Crippen LogP contribution in [0.4, 0.5) is 0 Å². The van der Waals surface area contributed by atoms with E-state index in [1.54, 1.807) is 10.9 Å². The molecule has 1 unspecified atom stereocenters. The fourth-order valence-corrected chi connectivity index (χ4v) is 4.27. The van der Waals surface area contributed by atoms with Crippen molar-refractivity contribution in [2.45, 2.75) is 18.9 Å². The largest absolute Gasteiger partial charge is 0.486 e. The first-order valence-corrected chi connectivity index (χ1v) is 10.5. The second-order valence-electron chi connectivity index (χ2n) is 7.21. The van der Waals surface area contributed by atoms with Gasteiger partial charge in [-0.15, -0.1) is 0 Å². The SMILES string of the molecule is O=C(c1ccc(-n2cc(Br)cn2)cc1)N1CCCC1c1ccc2c(c1)OCCO2. The predicted molar refractivity (Wildman–Crippen MR) is 112 cm³/mol. The third-order valence-electron chi connectivity index (χ3n) is 5.39. The van der Waals surface area contributed by atoms with Gasteiger partial charge in [-0.3, -0.25) is 4.79 Å². The number of amides is 1. The van der Waals surface area contributed by atoms with E-state index in [9.17, 15) is 4.79 Å². The van der Waals surface area contributed by atoms with Gasteiger partial charge in [0.05, 0.1) is 22.4 Å². The Morgan fingerprint density at radius 1 is 1.07 bits per heavy atom. The Bertz CT molecular complexity index is 1050. The summed E-state index contributed by atoms with van der Waals surface area (Å²) in [5.74, 6) is 1.59. The highest BCUT2D eigenvalue weighted by molar-refractivity contribution is 9.10. The predicted octanol–water partition coefficient (Wildman–Crippen LogP) is 4.38. The molecule has 29 heavy (non-hydrogen) atoms. The third-order valence-corrected chi connectivity index (χ3v) is 5.80. The van der Waals surface area contributed by atoms with Crippen LogP contribution in [-0.2, 0) is 0 Å². The second-order valence-corrected chi connectivity index (χ2v) is 8.13. The molecular weight excluding hydrogens is 434 g/mol. The summed E-state index contributed by atoms with van der Waals surface area (Å²) in [6, 6.07) is 13.6. The normalized spacial score (nSPS) is 18.1. The number of hydrogen-bond acceptors (Lipinski definition) is 4. The lowest BCUT2D eigenvalue weighted by Crippen LogP contribution is -2.30. The van der Waals surface area contributed by atoms with Crippen LogP contribution in [-0.4, -0.2) is 40.3 Å². The van der Waals surface area contributed by atoms with Crippen LogP contribution in [0.15, 0.2) is 59.3 Å². The van der Waals surface area contributed by atoms with E-state index < -0.39 is 0 Å². The minimum absolute atomic E-state index is 0.0515. The number of hydrogen-bond donors (Lipinski definition) is 0. The Hall–Kier alpha value is -2.80. The molecule has 1 saturated heterocycles. The maximum atomic E-state index is 13.2. The van der Waals surface area contributed by atoms with Gasteiger partial charge in [-0.1, -0.05) is 6.07 Å². The molecular formula is C22H20BrN3O3. The minimum Gasteiger partial charge on any atom is -0.486 e. The van der Waals surface area contributed by atoms with Crippen molar-refractivity contribution in [1.82, 2.24) is 14.7 Å². The molecule has 1 aromatic heterocycles. The van der Waals surface area contributed by atoms with E-state index in [1.165, 1.54) is 0 Å². The van der Waals surface area contributed by atoms with Gasteiger partial charge in [0.2, 0.25) is 0 Å². The van der Waals surface area contributed by atoms with E-state index in [1.807, 2.05) is 53.6 Å². The summed E-state index contributed by atoms with van der Waals surface area (Å²) in [5, 5.41) is 4.28. The van der Waals surface area contributed by atoms with Crippen molar-refractivity contribution in [1.29, 1.82) is 0 Å². The number of fused-ring (bicyclic) bond motifs is 1. The Morgan fingerprint density at radius 3 is 2.62 bits per heavy atom. The zero-order valence-corrected chi connectivity index (χ0v) is 17.3. The van der Waals surface area contributed by atoms with Crippen LogP contribution in [0.5, 0.6) is 11.5 Å². The van der Waals surface area contributed by atoms with Crippen LogP contribution in [0.1, 0.15) is 34.8 Å². The van der Waals surface area contributed by atoms with E-state index >= 15 is 0 Å². The number of ether oxygens (including phenoxy) is 2. The van der Waals surface area contributed by atoms with Crippen LogP contribution in [0.25, 0.3) is 5.69 Å². The first kappa shape index (κ1) is 18.2. The standard InChI is InChI=1S/C22H20BrN3O3/c23-17-13-24-26(14-17)18-6-3-15(4-7-18)22(27)25-9-1-2-19(25)16-5-8-20-21(12-16)29-11-10-28-20/h3-8,12-14,19H,1-2,9-11H2. The van der Waals surface area contributed by atoms with Crippen molar-refractivity contribution in [2.75, 3.05) is 19.8 Å². The summed E-state index contributed by atoms with van der Waals surface area (Å²) >= 11 is 3.40. The molecule has 3 heterocycles. The Morgan fingerprint density at radius 2 is 1.86 bits per heavy atom. The molecule has 0 saturated carbocycles. The number of aromatic nitrogens is 2. The highest BCUT2D eigenvalue weighted by Gasteiger charge is 2.31. The summed E-state index contributed by atoms with van der Waals surface area (Å²) in [6.45, 7) is 1.89. The number of carbonyl (C=O) groups excluding carboxylic acids is 1. The number of benzene rings is 2. The summed E-state index contributed by atoms with van der Waals surface area (Å²) in [5.41, 5.74) is 2.69. The molecule has 7 heteroatoms. The second kappa shape index (κ2) is 7.55. The van der Waals surface area contributed by atoms with Crippen molar-refractivity contribution in [3.63, 3.8) is 0 Å². The quantitative estimate of drug-likeness (QED) is 0.590. The molecule has 1 amide bonds. The lowest BCUT2D eigenvalue weighted by atomic mass is 10.0. The summed E-state index contributed by atoms with van der Waals surface area (Å²) < 4.78 is 14.0. The average molecular weight is 454 g/mol. The summed E-state index contributed by atoms with van der Waals surface area (Å²) in [4.78, 5) is 15.2. The van der Waals surface area contributed by atoms with Gasteiger partial charge in [0.25, 0.3) is 5.91 Å². The fourth-order valence-electron chi connectivity index (χ4n) is 3.99.